The number of carbonyl (C=O) groups excluding carboxylic acids is 1. The van der Waals surface area contributed by atoms with Crippen molar-refractivity contribution in [3.8, 4) is 0 Å². The Morgan fingerprint density at radius 2 is 2.13 bits per heavy atom. The summed E-state index contributed by atoms with van der Waals surface area (Å²) in [6.07, 6.45) is 4.39. The first-order valence-corrected chi connectivity index (χ1v) is 5.50. The Kier molecular flexibility index (Phi) is 3.51. The van der Waals surface area contributed by atoms with Gasteiger partial charge < -0.3 is 4.74 Å². The van der Waals surface area contributed by atoms with E-state index in [1.54, 1.807) is 0 Å². The first kappa shape index (κ1) is 10.4. The van der Waals surface area contributed by atoms with E-state index in [9.17, 15) is 4.79 Å². The topological polar surface area (TPSA) is 26.3 Å². The molecule has 1 aliphatic rings. The van der Waals surface area contributed by atoms with Crippen LogP contribution in [-0.2, 0) is 11.2 Å². The Hall–Kier alpha value is -1.15. The molecule has 1 fully saturated rings. The summed E-state index contributed by atoms with van der Waals surface area (Å²) < 4.78 is 5.44. The van der Waals surface area contributed by atoms with Gasteiger partial charge in [0.2, 0.25) is 0 Å². The van der Waals surface area contributed by atoms with Gasteiger partial charge in [0.05, 0.1) is 0 Å². The van der Waals surface area contributed by atoms with Crippen molar-refractivity contribution < 1.29 is 9.53 Å². The molecule has 1 heterocycles. The Morgan fingerprint density at radius 1 is 1.33 bits per heavy atom. The van der Waals surface area contributed by atoms with Gasteiger partial charge in [0.15, 0.2) is 0 Å². The van der Waals surface area contributed by atoms with Crippen molar-refractivity contribution in [1.82, 2.24) is 0 Å². The van der Waals surface area contributed by atoms with Crippen LogP contribution >= 0.6 is 0 Å². The third-order valence-electron chi connectivity index (χ3n) is 2.89. The highest BCUT2D eigenvalue weighted by molar-refractivity contribution is 5.74. The maximum atomic E-state index is 10.5. The lowest BCUT2D eigenvalue weighted by Gasteiger charge is -2.21. The molecule has 15 heavy (non-hydrogen) atoms. The van der Waals surface area contributed by atoms with E-state index in [1.807, 2.05) is 24.3 Å². The third kappa shape index (κ3) is 2.90. The molecule has 0 spiro atoms. The van der Waals surface area contributed by atoms with Gasteiger partial charge in [0.1, 0.15) is 6.29 Å². The minimum atomic E-state index is 0.654. The van der Waals surface area contributed by atoms with Crippen molar-refractivity contribution in [2.75, 3.05) is 13.2 Å². The molecule has 0 radical (unpaired) electrons. The lowest BCUT2D eigenvalue weighted by Crippen LogP contribution is -2.19. The number of hydrogen-bond donors (Lipinski definition) is 0. The predicted octanol–water partition coefficient (Wildman–Crippen LogP) is 2.47. The van der Waals surface area contributed by atoms with E-state index in [1.165, 1.54) is 18.4 Å². The summed E-state index contributed by atoms with van der Waals surface area (Å²) >= 11 is 0. The number of benzene rings is 1. The van der Waals surface area contributed by atoms with Crippen LogP contribution in [-0.4, -0.2) is 19.5 Å². The quantitative estimate of drug-likeness (QED) is 0.707. The van der Waals surface area contributed by atoms with E-state index in [0.29, 0.717) is 5.92 Å². The zero-order valence-electron chi connectivity index (χ0n) is 8.82. The highest BCUT2D eigenvalue weighted by Gasteiger charge is 2.13. The molecule has 0 saturated carbocycles. The molecular weight excluding hydrogens is 188 g/mol. The van der Waals surface area contributed by atoms with Crippen LogP contribution in [0.15, 0.2) is 24.3 Å². The van der Waals surface area contributed by atoms with E-state index in [0.717, 1.165) is 31.5 Å². The highest BCUT2D eigenvalue weighted by Crippen LogP contribution is 2.18. The van der Waals surface area contributed by atoms with Crippen LogP contribution in [0.1, 0.15) is 28.8 Å². The zero-order chi connectivity index (χ0) is 10.5. The van der Waals surface area contributed by atoms with Gasteiger partial charge in [-0.15, -0.1) is 0 Å². The molecule has 0 aliphatic carbocycles. The van der Waals surface area contributed by atoms with Gasteiger partial charge in [-0.25, -0.2) is 0 Å². The molecular formula is C13H16O2. The molecule has 1 aromatic rings. The minimum absolute atomic E-state index is 0.654. The second-order valence-corrected chi connectivity index (χ2v) is 4.15. The van der Waals surface area contributed by atoms with Gasteiger partial charge in [-0.2, -0.15) is 0 Å². The predicted molar refractivity (Wildman–Crippen MR) is 59.1 cm³/mol. The average molecular weight is 204 g/mol. The summed E-state index contributed by atoms with van der Waals surface area (Å²) in [4.78, 5) is 10.5. The molecule has 0 N–H and O–H groups in total. The molecule has 2 nitrogen and oxygen atoms in total. The van der Waals surface area contributed by atoms with Crippen molar-refractivity contribution in [3.05, 3.63) is 35.4 Å². The number of carbonyl (C=O) groups is 1. The number of ether oxygens (including phenoxy) is 1. The number of aldehydes is 1. The first-order valence-electron chi connectivity index (χ1n) is 5.50. The van der Waals surface area contributed by atoms with Crippen molar-refractivity contribution in [3.63, 3.8) is 0 Å². The lowest BCUT2D eigenvalue weighted by atomic mass is 9.94. The Labute approximate surface area is 90.3 Å². The van der Waals surface area contributed by atoms with Crippen LogP contribution in [0.4, 0.5) is 0 Å². The summed E-state index contributed by atoms with van der Waals surface area (Å²) in [5, 5.41) is 0. The van der Waals surface area contributed by atoms with Gasteiger partial charge in [-0.05, 0) is 30.7 Å². The third-order valence-corrected chi connectivity index (χ3v) is 2.89. The van der Waals surface area contributed by atoms with E-state index in [4.69, 9.17) is 4.74 Å². The smallest absolute Gasteiger partial charge is 0.150 e. The standard InChI is InChI=1S/C13H16O2/c14-9-12-5-3-11(4-6-12)8-13-2-1-7-15-10-13/h3-6,9,13H,1-2,7-8,10H2. The average Bonchev–Trinajstić information content (AvgIpc) is 2.31. The number of rotatable bonds is 3. The minimum Gasteiger partial charge on any atom is -0.381 e. The zero-order valence-corrected chi connectivity index (χ0v) is 8.82. The SMILES string of the molecule is O=Cc1ccc(CC2CCCOC2)cc1. The summed E-state index contributed by atoms with van der Waals surface area (Å²) in [5.74, 6) is 0.654. The summed E-state index contributed by atoms with van der Waals surface area (Å²) in [7, 11) is 0. The van der Waals surface area contributed by atoms with E-state index >= 15 is 0 Å². The van der Waals surface area contributed by atoms with Crippen molar-refractivity contribution >= 4 is 6.29 Å². The fourth-order valence-electron chi connectivity index (χ4n) is 2.03. The van der Waals surface area contributed by atoms with E-state index < -0.39 is 0 Å². The maximum Gasteiger partial charge on any atom is 0.150 e. The molecule has 1 aliphatic heterocycles. The van der Waals surface area contributed by atoms with Gasteiger partial charge in [0, 0.05) is 18.8 Å². The van der Waals surface area contributed by atoms with Crippen LogP contribution in [0, 0.1) is 5.92 Å². The molecule has 1 aromatic carbocycles. The monoisotopic (exact) mass is 204 g/mol. The summed E-state index contributed by atoms with van der Waals surface area (Å²) in [6.45, 7) is 1.80. The molecule has 0 bridgehead atoms. The molecule has 0 aromatic heterocycles. The molecule has 1 saturated heterocycles. The van der Waals surface area contributed by atoms with Gasteiger partial charge >= 0.3 is 0 Å². The first-order chi connectivity index (χ1) is 7.38. The molecule has 1 unspecified atom stereocenters. The van der Waals surface area contributed by atoms with Crippen LogP contribution < -0.4 is 0 Å². The lowest BCUT2D eigenvalue weighted by molar-refractivity contribution is 0.0550. The molecule has 2 rings (SSSR count). The Morgan fingerprint density at radius 3 is 2.73 bits per heavy atom. The van der Waals surface area contributed by atoms with Crippen LogP contribution in [0.5, 0.6) is 0 Å². The van der Waals surface area contributed by atoms with Crippen molar-refractivity contribution in [2.24, 2.45) is 5.92 Å². The maximum absolute atomic E-state index is 10.5. The summed E-state index contributed by atoms with van der Waals surface area (Å²) in [6, 6.07) is 7.84. The van der Waals surface area contributed by atoms with Crippen LogP contribution in [0.3, 0.4) is 0 Å². The Balaban J connectivity index is 1.94. The fourth-order valence-corrected chi connectivity index (χ4v) is 2.03. The molecule has 2 heteroatoms. The second kappa shape index (κ2) is 5.08. The van der Waals surface area contributed by atoms with Crippen LogP contribution in [0.25, 0.3) is 0 Å². The van der Waals surface area contributed by atoms with Gasteiger partial charge in [-0.1, -0.05) is 24.3 Å². The van der Waals surface area contributed by atoms with Crippen molar-refractivity contribution in [1.29, 1.82) is 0 Å². The normalized spacial score (nSPS) is 21.2. The largest absolute Gasteiger partial charge is 0.381 e. The van der Waals surface area contributed by atoms with Crippen LogP contribution in [0.2, 0.25) is 0 Å². The van der Waals surface area contributed by atoms with E-state index in [-0.39, 0.29) is 0 Å². The summed E-state index contributed by atoms with van der Waals surface area (Å²) in [5.41, 5.74) is 2.05. The van der Waals surface area contributed by atoms with E-state index in [2.05, 4.69) is 0 Å². The molecule has 1 atom stereocenters. The fraction of sp³-hybridized carbons (Fsp3) is 0.462. The second-order valence-electron chi connectivity index (χ2n) is 4.15. The van der Waals surface area contributed by atoms with Gasteiger partial charge in [0.25, 0.3) is 0 Å². The molecule has 0 amide bonds. The number of hydrogen-bond acceptors (Lipinski definition) is 2. The van der Waals surface area contributed by atoms with Crippen molar-refractivity contribution in [2.45, 2.75) is 19.3 Å². The Bertz CT molecular complexity index is 310. The molecule has 80 valence electrons. The highest BCUT2D eigenvalue weighted by atomic mass is 16.5. The van der Waals surface area contributed by atoms with Gasteiger partial charge in [-0.3, -0.25) is 4.79 Å².